The number of amides is 2. The molecule has 0 spiro atoms. The number of carbonyl (C=O) groups is 2. The van der Waals surface area contributed by atoms with E-state index in [1.54, 1.807) is 24.0 Å². The summed E-state index contributed by atoms with van der Waals surface area (Å²) in [5.74, 6) is -0.382. The second-order valence-electron chi connectivity index (χ2n) is 7.85. The molecule has 1 aliphatic heterocycles. The van der Waals surface area contributed by atoms with Crippen LogP contribution < -0.4 is 10.2 Å². The summed E-state index contributed by atoms with van der Waals surface area (Å²) in [6.45, 7) is 3.69. The van der Waals surface area contributed by atoms with Gasteiger partial charge in [-0.25, -0.2) is 4.39 Å². The van der Waals surface area contributed by atoms with Gasteiger partial charge in [-0.2, -0.15) is 0 Å². The van der Waals surface area contributed by atoms with Crippen molar-refractivity contribution in [2.45, 2.75) is 31.6 Å². The van der Waals surface area contributed by atoms with Gasteiger partial charge in [-0.1, -0.05) is 55.5 Å². The van der Waals surface area contributed by atoms with E-state index in [-0.39, 0.29) is 28.9 Å². The number of hydrogen-bond acceptors (Lipinski definition) is 3. The zero-order chi connectivity index (χ0) is 22.7. The van der Waals surface area contributed by atoms with E-state index >= 15 is 0 Å². The van der Waals surface area contributed by atoms with Gasteiger partial charge in [0.1, 0.15) is 11.2 Å². The Kier molecular flexibility index (Phi) is 6.61. The van der Waals surface area contributed by atoms with Gasteiger partial charge in [0.05, 0.1) is 11.7 Å². The molecule has 2 amide bonds. The van der Waals surface area contributed by atoms with Crippen molar-refractivity contribution in [1.82, 2.24) is 0 Å². The highest BCUT2D eigenvalue weighted by molar-refractivity contribution is 8.00. The summed E-state index contributed by atoms with van der Waals surface area (Å²) in [6.07, 6.45) is 0.690. The van der Waals surface area contributed by atoms with Crippen LogP contribution in [0.15, 0.2) is 72.8 Å². The number of hydrogen-bond donors (Lipinski definition) is 1. The number of aryl methyl sites for hydroxylation is 1. The summed E-state index contributed by atoms with van der Waals surface area (Å²) < 4.78 is 14.2. The zero-order valence-electron chi connectivity index (χ0n) is 18.0. The molecular formula is C26H25FN2O2S. The molecule has 3 aromatic carbocycles. The van der Waals surface area contributed by atoms with E-state index in [0.717, 1.165) is 11.1 Å². The molecule has 2 atom stereocenters. The van der Waals surface area contributed by atoms with Crippen molar-refractivity contribution >= 4 is 35.0 Å². The summed E-state index contributed by atoms with van der Waals surface area (Å²) >= 11 is 1.49. The van der Waals surface area contributed by atoms with Crippen LogP contribution in [0.25, 0.3) is 0 Å². The Morgan fingerprint density at radius 1 is 1.12 bits per heavy atom. The van der Waals surface area contributed by atoms with Gasteiger partial charge in [0.2, 0.25) is 11.8 Å². The zero-order valence-corrected chi connectivity index (χ0v) is 18.9. The fourth-order valence-electron chi connectivity index (χ4n) is 3.94. The topological polar surface area (TPSA) is 49.4 Å². The molecule has 0 bridgehead atoms. The number of nitrogens with zero attached hydrogens (tertiary/aromatic N) is 1. The maximum Gasteiger partial charge on any atom is 0.238 e. The van der Waals surface area contributed by atoms with Crippen molar-refractivity contribution in [3.8, 4) is 0 Å². The Morgan fingerprint density at radius 3 is 2.62 bits per heavy atom. The maximum absolute atomic E-state index is 14.2. The second kappa shape index (κ2) is 9.57. The Bertz CT molecular complexity index is 1140. The maximum atomic E-state index is 14.2. The molecule has 164 valence electrons. The van der Waals surface area contributed by atoms with Gasteiger partial charge >= 0.3 is 0 Å². The summed E-state index contributed by atoms with van der Waals surface area (Å²) in [4.78, 5) is 27.2. The number of halogens is 1. The van der Waals surface area contributed by atoms with Crippen LogP contribution in [0, 0.1) is 12.7 Å². The van der Waals surface area contributed by atoms with E-state index in [9.17, 15) is 14.0 Å². The first-order valence-electron chi connectivity index (χ1n) is 10.6. The minimum absolute atomic E-state index is 0.0622. The first-order valence-corrected chi connectivity index (χ1v) is 11.7. The summed E-state index contributed by atoms with van der Waals surface area (Å²) in [5.41, 5.74) is 3.62. The van der Waals surface area contributed by atoms with Gasteiger partial charge in [0.15, 0.2) is 0 Å². The molecule has 1 N–H and O–H groups in total. The molecule has 4 rings (SSSR count). The molecule has 3 aromatic rings. The highest BCUT2D eigenvalue weighted by atomic mass is 32.2. The number of carbonyl (C=O) groups excluding carboxylic acids is 2. The average molecular weight is 449 g/mol. The van der Waals surface area contributed by atoms with Gasteiger partial charge in [0.25, 0.3) is 0 Å². The molecule has 32 heavy (non-hydrogen) atoms. The summed E-state index contributed by atoms with van der Waals surface area (Å²) in [5, 5.41) is 2.75. The van der Waals surface area contributed by atoms with Gasteiger partial charge in [-0.15, -0.1) is 11.8 Å². The number of rotatable bonds is 6. The lowest BCUT2D eigenvalue weighted by Gasteiger charge is -2.25. The molecule has 1 aliphatic rings. The fourth-order valence-corrected chi connectivity index (χ4v) is 5.11. The lowest BCUT2D eigenvalue weighted by molar-refractivity contribution is -0.118. The minimum atomic E-state index is -0.335. The van der Waals surface area contributed by atoms with Crippen LogP contribution in [0.5, 0.6) is 0 Å². The van der Waals surface area contributed by atoms with Crippen LogP contribution in [0.2, 0.25) is 0 Å². The minimum Gasteiger partial charge on any atom is -0.326 e. The van der Waals surface area contributed by atoms with Crippen molar-refractivity contribution in [1.29, 1.82) is 0 Å². The standard InChI is InChI=1S/C26H25FN2O2S/c1-3-22(18-8-5-4-6-9-18)25(31)28-20-11-7-10-19(14-20)26-29(24(30)16-32-26)21-13-12-17(2)23(27)15-21/h4-15,22,26H,3,16H2,1-2H3,(H,28,31)/t22-,26+/m1/s1. The molecule has 1 fully saturated rings. The Balaban J connectivity index is 1.57. The van der Waals surface area contributed by atoms with Crippen molar-refractivity contribution in [2.75, 3.05) is 16.0 Å². The fraction of sp³-hybridized carbons (Fsp3) is 0.231. The van der Waals surface area contributed by atoms with Crippen LogP contribution in [0.4, 0.5) is 15.8 Å². The third-order valence-corrected chi connectivity index (χ3v) is 6.88. The van der Waals surface area contributed by atoms with E-state index < -0.39 is 0 Å². The first kappa shape index (κ1) is 22.1. The molecule has 0 radical (unpaired) electrons. The smallest absolute Gasteiger partial charge is 0.238 e. The lowest BCUT2D eigenvalue weighted by atomic mass is 9.95. The monoisotopic (exact) mass is 448 g/mol. The van der Waals surface area contributed by atoms with Crippen LogP contribution in [0.3, 0.4) is 0 Å². The van der Waals surface area contributed by atoms with Gasteiger partial charge in [-0.05, 0) is 54.3 Å². The molecule has 1 saturated heterocycles. The number of nitrogens with one attached hydrogen (secondary N) is 1. The molecule has 0 saturated carbocycles. The first-order chi connectivity index (χ1) is 15.5. The molecule has 0 aliphatic carbocycles. The van der Waals surface area contributed by atoms with Crippen molar-refractivity contribution < 1.29 is 14.0 Å². The third kappa shape index (κ3) is 4.55. The highest BCUT2D eigenvalue weighted by Gasteiger charge is 2.34. The van der Waals surface area contributed by atoms with Crippen LogP contribution in [0.1, 0.15) is 41.3 Å². The van der Waals surface area contributed by atoms with Gasteiger partial charge < -0.3 is 5.32 Å². The van der Waals surface area contributed by atoms with Gasteiger partial charge in [-0.3, -0.25) is 14.5 Å². The molecule has 1 heterocycles. The highest BCUT2D eigenvalue weighted by Crippen LogP contribution is 2.42. The third-order valence-electron chi connectivity index (χ3n) is 5.67. The lowest BCUT2D eigenvalue weighted by Crippen LogP contribution is -2.28. The van der Waals surface area contributed by atoms with Crippen LogP contribution >= 0.6 is 11.8 Å². The van der Waals surface area contributed by atoms with E-state index in [1.807, 2.05) is 61.5 Å². The quantitative estimate of drug-likeness (QED) is 0.500. The molecular weight excluding hydrogens is 423 g/mol. The van der Waals surface area contributed by atoms with Crippen molar-refractivity contribution in [2.24, 2.45) is 0 Å². The summed E-state index contributed by atoms with van der Waals surface area (Å²) in [7, 11) is 0. The van der Waals surface area contributed by atoms with Crippen LogP contribution in [-0.2, 0) is 9.59 Å². The van der Waals surface area contributed by atoms with Crippen molar-refractivity contribution in [3.05, 3.63) is 95.3 Å². The van der Waals surface area contributed by atoms with Crippen molar-refractivity contribution in [3.63, 3.8) is 0 Å². The van der Waals surface area contributed by atoms with Crippen LogP contribution in [-0.4, -0.2) is 17.6 Å². The molecule has 4 nitrogen and oxygen atoms in total. The van der Waals surface area contributed by atoms with Gasteiger partial charge in [0, 0.05) is 11.4 Å². The normalized spacial score (nSPS) is 16.8. The predicted molar refractivity (Wildman–Crippen MR) is 128 cm³/mol. The van der Waals surface area contributed by atoms with E-state index in [1.165, 1.54) is 17.8 Å². The van der Waals surface area contributed by atoms with E-state index in [0.29, 0.717) is 29.1 Å². The second-order valence-corrected chi connectivity index (χ2v) is 8.92. The Labute approximate surface area is 191 Å². The summed E-state index contributed by atoms with van der Waals surface area (Å²) in [6, 6.07) is 22.1. The number of benzene rings is 3. The Hall–Kier alpha value is -3.12. The Morgan fingerprint density at radius 2 is 1.91 bits per heavy atom. The molecule has 0 unspecified atom stereocenters. The average Bonchev–Trinajstić information content (AvgIpc) is 3.18. The van der Waals surface area contributed by atoms with E-state index in [4.69, 9.17) is 0 Å². The predicted octanol–water partition coefficient (Wildman–Crippen LogP) is 6.05. The SMILES string of the molecule is CC[C@@H](C(=O)Nc1cccc([C@@H]2SCC(=O)N2c2ccc(C)c(F)c2)c1)c1ccccc1. The largest absolute Gasteiger partial charge is 0.326 e. The number of anilines is 2. The van der Waals surface area contributed by atoms with E-state index in [2.05, 4.69) is 5.32 Å². The number of thioether (sulfide) groups is 1. The molecule has 0 aromatic heterocycles. The molecule has 6 heteroatoms.